The molecule has 0 bridgehead atoms. The molecule has 3 nitrogen and oxygen atoms in total. The summed E-state index contributed by atoms with van der Waals surface area (Å²) in [5.74, 6) is 0.351. The molecule has 0 spiro atoms. The van der Waals surface area contributed by atoms with Crippen LogP contribution >= 0.6 is 0 Å². The van der Waals surface area contributed by atoms with Crippen LogP contribution in [-0.4, -0.2) is 24.9 Å². The van der Waals surface area contributed by atoms with E-state index in [-0.39, 0.29) is 5.75 Å². The molecule has 108 valence electrons. The minimum atomic E-state index is -0.678. The maximum absolute atomic E-state index is 13.6. The first-order chi connectivity index (χ1) is 9.00. The maximum atomic E-state index is 13.6. The molecular weight excluding hydrogens is 247 g/mol. The van der Waals surface area contributed by atoms with Crippen LogP contribution in [0.2, 0.25) is 0 Å². The number of halogens is 1. The van der Waals surface area contributed by atoms with Gasteiger partial charge in [0.15, 0.2) is 11.6 Å². The van der Waals surface area contributed by atoms with Crippen molar-refractivity contribution in [2.24, 2.45) is 5.92 Å². The lowest BCUT2D eigenvalue weighted by atomic mass is 10.1. The van der Waals surface area contributed by atoms with E-state index in [1.165, 1.54) is 12.1 Å². The molecule has 0 radical (unpaired) electrons. The summed E-state index contributed by atoms with van der Waals surface area (Å²) in [6.07, 6.45) is 0.334. The van der Waals surface area contributed by atoms with Gasteiger partial charge < -0.3 is 14.6 Å². The fourth-order valence-electron chi connectivity index (χ4n) is 1.53. The molecule has 0 aliphatic heterocycles. The third-order valence-electron chi connectivity index (χ3n) is 2.76. The molecule has 0 saturated heterocycles. The zero-order valence-corrected chi connectivity index (χ0v) is 11.9. The minimum Gasteiger partial charge on any atom is -0.488 e. The van der Waals surface area contributed by atoms with E-state index in [9.17, 15) is 9.50 Å². The molecule has 0 aromatic heterocycles. The van der Waals surface area contributed by atoms with Gasteiger partial charge >= 0.3 is 0 Å². The zero-order valence-electron chi connectivity index (χ0n) is 11.9. The first kappa shape index (κ1) is 15.9. The van der Waals surface area contributed by atoms with Crippen LogP contribution in [0.4, 0.5) is 4.39 Å². The molecule has 0 saturated carbocycles. The predicted octanol–water partition coefficient (Wildman–Crippen LogP) is 3.32. The van der Waals surface area contributed by atoms with E-state index in [2.05, 4.69) is 13.8 Å². The highest BCUT2D eigenvalue weighted by molar-refractivity contribution is 5.30. The molecule has 1 atom stereocenters. The van der Waals surface area contributed by atoms with Gasteiger partial charge in [-0.3, -0.25) is 0 Å². The first-order valence-electron chi connectivity index (χ1n) is 6.68. The van der Waals surface area contributed by atoms with Crippen LogP contribution in [0.1, 0.15) is 38.9 Å². The number of hydrogen-bond acceptors (Lipinski definition) is 3. The summed E-state index contributed by atoms with van der Waals surface area (Å²) in [6, 6.07) is 4.48. The van der Waals surface area contributed by atoms with E-state index in [0.717, 1.165) is 6.42 Å². The summed E-state index contributed by atoms with van der Waals surface area (Å²) in [4.78, 5) is 0. The summed E-state index contributed by atoms with van der Waals surface area (Å²) < 4.78 is 24.3. The van der Waals surface area contributed by atoms with E-state index >= 15 is 0 Å². The molecule has 19 heavy (non-hydrogen) atoms. The first-order valence-corrected chi connectivity index (χ1v) is 6.68. The van der Waals surface area contributed by atoms with Crippen molar-refractivity contribution in [2.75, 3.05) is 19.8 Å². The second-order valence-electron chi connectivity index (χ2n) is 5.01. The predicted molar refractivity (Wildman–Crippen MR) is 72.8 cm³/mol. The molecule has 4 heteroatoms. The Hall–Kier alpha value is -1.13. The van der Waals surface area contributed by atoms with Gasteiger partial charge in [-0.05, 0) is 37.0 Å². The normalized spacial score (nSPS) is 12.7. The van der Waals surface area contributed by atoms with Crippen molar-refractivity contribution < 1.29 is 19.0 Å². The highest BCUT2D eigenvalue weighted by Crippen LogP contribution is 2.21. The molecule has 1 N–H and O–H groups in total. The van der Waals surface area contributed by atoms with Gasteiger partial charge in [0.1, 0.15) is 6.61 Å². The SMILES string of the molecule is CC(C)CCOCCOc1ccc([C@@H](C)O)cc1F. The van der Waals surface area contributed by atoms with Gasteiger partial charge in [0.2, 0.25) is 0 Å². The van der Waals surface area contributed by atoms with Gasteiger partial charge in [-0.25, -0.2) is 4.39 Å². The Morgan fingerprint density at radius 3 is 2.47 bits per heavy atom. The van der Waals surface area contributed by atoms with E-state index in [1.54, 1.807) is 13.0 Å². The largest absolute Gasteiger partial charge is 0.488 e. The summed E-state index contributed by atoms with van der Waals surface area (Å²) >= 11 is 0. The third kappa shape index (κ3) is 6.03. The quantitative estimate of drug-likeness (QED) is 0.736. The summed E-state index contributed by atoms with van der Waals surface area (Å²) in [5, 5.41) is 9.33. The fraction of sp³-hybridized carbons (Fsp3) is 0.600. The number of aliphatic hydroxyl groups is 1. The van der Waals surface area contributed by atoms with Gasteiger partial charge in [0.25, 0.3) is 0 Å². The monoisotopic (exact) mass is 270 g/mol. The van der Waals surface area contributed by atoms with Gasteiger partial charge in [0.05, 0.1) is 12.7 Å². The Labute approximate surface area is 114 Å². The Kier molecular flexibility index (Phi) is 6.81. The second-order valence-corrected chi connectivity index (χ2v) is 5.01. The number of aliphatic hydroxyl groups excluding tert-OH is 1. The minimum absolute atomic E-state index is 0.192. The van der Waals surface area contributed by atoms with E-state index in [4.69, 9.17) is 9.47 Å². The highest BCUT2D eigenvalue weighted by atomic mass is 19.1. The molecule has 0 aliphatic rings. The number of ether oxygens (including phenoxy) is 2. The van der Waals surface area contributed by atoms with E-state index in [1.807, 2.05) is 0 Å². The molecule has 1 aromatic rings. The van der Waals surface area contributed by atoms with E-state index < -0.39 is 11.9 Å². The Morgan fingerprint density at radius 1 is 1.16 bits per heavy atom. The maximum Gasteiger partial charge on any atom is 0.165 e. The van der Waals surface area contributed by atoms with Gasteiger partial charge in [-0.2, -0.15) is 0 Å². The fourth-order valence-corrected chi connectivity index (χ4v) is 1.53. The molecular formula is C15H23FO3. The second kappa shape index (κ2) is 8.12. The lowest BCUT2D eigenvalue weighted by molar-refractivity contribution is 0.0912. The van der Waals surface area contributed by atoms with Crippen LogP contribution in [0.25, 0.3) is 0 Å². The van der Waals surface area contributed by atoms with Gasteiger partial charge in [-0.1, -0.05) is 19.9 Å². The van der Waals surface area contributed by atoms with Crippen LogP contribution in [0.15, 0.2) is 18.2 Å². The van der Waals surface area contributed by atoms with Crippen LogP contribution in [0.5, 0.6) is 5.75 Å². The van der Waals surface area contributed by atoms with Crippen molar-refractivity contribution in [1.82, 2.24) is 0 Å². The number of benzene rings is 1. The number of hydrogen-bond donors (Lipinski definition) is 1. The topological polar surface area (TPSA) is 38.7 Å². The molecule has 1 aromatic carbocycles. The average molecular weight is 270 g/mol. The van der Waals surface area contributed by atoms with Crippen LogP contribution in [0, 0.1) is 11.7 Å². The Bertz CT molecular complexity index is 378. The van der Waals surface area contributed by atoms with Crippen LogP contribution in [-0.2, 0) is 4.74 Å². The molecule has 0 aliphatic carbocycles. The van der Waals surface area contributed by atoms with Crippen molar-refractivity contribution in [3.05, 3.63) is 29.6 Å². The third-order valence-corrected chi connectivity index (χ3v) is 2.76. The van der Waals surface area contributed by atoms with Crippen molar-refractivity contribution >= 4 is 0 Å². The van der Waals surface area contributed by atoms with Crippen LogP contribution in [0.3, 0.4) is 0 Å². The van der Waals surface area contributed by atoms with Crippen molar-refractivity contribution in [3.8, 4) is 5.75 Å². The summed E-state index contributed by atoms with van der Waals surface area (Å²) in [6.45, 7) is 7.34. The van der Waals surface area contributed by atoms with E-state index in [0.29, 0.717) is 31.3 Å². The van der Waals surface area contributed by atoms with Gasteiger partial charge in [-0.15, -0.1) is 0 Å². The molecule has 1 rings (SSSR count). The zero-order chi connectivity index (χ0) is 14.3. The summed E-state index contributed by atoms with van der Waals surface area (Å²) in [7, 11) is 0. The molecule has 0 heterocycles. The average Bonchev–Trinajstić information content (AvgIpc) is 2.34. The molecule has 0 amide bonds. The number of rotatable bonds is 8. The van der Waals surface area contributed by atoms with Gasteiger partial charge in [0, 0.05) is 6.61 Å². The Morgan fingerprint density at radius 2 is 1.89 bits per heavy atom. The smallest absolute Gasteiger partial charge is 0.165 e. The lowest BCUT2D eigenvalue weighted by Crippen LogP contribution is -2.09. The standard InChI is InChI=1S/C15H23FO3/c1-11(2)6-7-18-8-9-19-15-5-4-13(12(3)17)10-14(15)16/h4-5,10-12,17H,6-9H2,1-3H3/t12-/m1/s1. The summed E-state index contributed by atoms with van der Waals surface area (Å²) in [5.41, 5.74) is 0.540. The molecule has 0 unspecified atom stereocenters. The molecule has 0 fully saturated rings. The van der Waals surface area contributed by atoms with Crippen molar-refractivity contribution in [2.45, 2.75) is 33.3 Å². The Balaban J connectivity index is 2.30. The van der Waals surface area contributed by atoms with Crippen molar-refractivity contribution in [3.63, 3.8) is 0 Å². The van der Waals surface area contributed by atoms with Crippen molar-refractivity contribution in [1.29, 1.82) is 0 Å². The highest BCUT2D eigenvalue weighted by Gasteiger charge is 2.07. The van der Waals surface area contributed by atoms with Crippen LogP contribution < -0.4 is 4.74 Å². The lowest BCUT2D eigenvalue weighted by Gasteiger charge is -2.10.